The van der Waals surface area contributed by atoms with Crippen molar-refractivity contribution in [2.45, 2.75) is 44.6 Å². The third-order valence-corrected chi connectivity index (χ3v) is 9.51. The summed E-state index contributed by atoms with van der Waals surface area (Å²) in [6, 6.07) is 15.9. The molecule has 5 rings (SSSR count). The Bertz CT molecular complexity index is 1840. The van der Waals surface area contributed by atoms with Crippen LogP contribution < -0.4 is 14.9 Å². The molecule has 2 amide bonds. The molecule has 1 heterocycles. The number of rotatable bonds is 9. The molecule has 1 saturated carbocycles. The minimum absolute atomic E-state index is 0.132. The maximum atomic E-state index is 13.7. The summed E-state index contributed by atoms with van der Waals surface area (Å²) in [6.07, 6.45) is 7.72. The van der Waals surface area contributed by atoms with Crippen LogP contribution >= 0.6 is 0 Å². The average molecular weight is 618 g/mol. The van der Waals surface area contributed by atoms with Gasteiger partial charge in [-0.15, -0.1) is 6.58 Å². The fourth-order valence-electron chi connectivity index (χ4n) is 6.00. The first kappa shape index (κ1) is 31.0. The number of hydrogen-bond donors (Lipinski definition) is 2. The Hall–Kier alpha value is -4.44. The van der Waals surface area contributed by atoms with E-state index in [1.807, 2.05) is 6.08 Å². The molecule has 4 aromatic rings. The predicted octanol–water partition coefficient (Wildman–Crippen LogP) is 6.67. The van der Waals surface area contributed by atoms with Crippen LogP contribution in [0, 0.1) is 5.82 Å². The Morgan fingerprint density at radius 1 is 1.02 bits per heavy atom. The number of hydrogen-bond acceptors (Lipinski definition) is 5. The van der Waals surface area contributed by atoms with Gasteiger partial charge in [-0.25, -0.2) is 12.8 Å². The van der Waals surface area contributed by atoms with Crippen LogP contribution in [0.4, 0.5) is 10.1 Å². The number of carbonyl (C=O) groups is 2. The predicted molar refractivity (Wildman–Crippen MR) is 172 cm³/mol. The molecule has 44 heavy (non-hydrogen) atoms. The van der Waals surface area contributed by atoms with Gasteiger partial charge in [0.1, 0.15) is 17.2 Å². The molecular formula is C34H36FN3O5S. The highest BCUT2D eigenvalue weighted by Crippen LogP contribution is 2.42. The van der Waals surface area contributed by atoms with Crippen molar-refractivity contribution < 1.29 is 26.8 Å². The van der Waals surface area contributed by atoms with Gasteiger partial charge in [0, 0.05) is 41.7 Å². The fourth-order valence-corrected chi connectivity index (χ4v) is 6.97. The van der Waals surface area contributed by atoms with E-state index < -0.39 is 27.3 Å². The average Bonchev–Trinajstić information content (AvgIpc) is 3.39. The molecule has 3 aromatic carbocycles. The molecule has 230 valence electrons. The zero-order valence-electron chi connectivity index (χ0n) is 25.1. The van der Waals surface area contributed by atoms with Gasteiger partial charge < -0.3 is 15.1 Å². The van der Waals surface area contributed by atoms with E-state index in [9.17, 15) is 22.4 Å². The molecule has 0 radical (unpaired) electrons. The normalized spacial score (nSPS) is 14.6. The maximum absolute atomic E-state index is 13.7. The van der Waals surface area contributed by atoms with Crippen LogP contribution in [-0.4, -0.2) is 45.6 Å². The van der Waals surface area contributed by atoms with E-state index in [4.69, 9.17) is 4.42 Å². The number of fused-ring (bicyclic) bond motifs is 1. The van der Waals surface area contributed by atoms with Crippen molar-refractivity contribution in [2.75, 3.05) is 24.2 Å². The van der Waals surface area contributed by atoms with E-state index in [1.54, 1.807) is 43.3 Å². The smallest absolute Gasteiger partial charge is 0.255 e. The number of halogens is 1. The highest BCUT2D eigenvalue weighted by molar-refractivity contribution is 7.92. The molecule has 0 saturated heterocycles. The first-order valence-corrected chi connectivity index (χ1v) is 16.5. The van der Waals surface area contributed by atoms with Crippen LogP contribution in [0.5, 0.6) is 0 Å². The summed E-state index contributed by atoms with van der Waals surface area (Å²) in [5.74, 6) is -0.887. The number of anilines is 1. The molecule has 0 atom stereocenters. The summed E-state index contributed by atoms with van der Waals surface area (Å²) in [4.78, 5) is 26.7. The van der Waals surface area contributed by atoms with E-state index in [1.165, 1.54) is 35.6 Å². The summed E-state index contributed by atoms with van der Waals surface area (Å²) < 4.78 is 47.1. The lowest BCUT2D eigenvalue weighted by atomic mass is 9.81. The van der Waals surface area contributed by atoms with Gasteiger partial charge in [0.25, 0.3) is 11.8 Å². The molecule has 8 nitrogen and oxygen atoms in total. The topological polar surface area (TPSA) is 109 Å². The first-order valence-electron chi connectivity index (χ1n) is 14.6. The monoisotopic (exact) mass is 617 g/mol. The minimum atomic E-state index is -3.73. The molecule has 10 heteroatoms. The number of carbonyl (C=O) groups excluding carboxylic acids is 2. The quantitative estimate of drug-likeness (QED) is 0.204. The second-order valence-corrected chi connectivity index (χ2v) is 13.0. The molecule has 2 N–H and O–H groups in total. The van der Waals surface area contributed by atoms with E-state index in [0.717, 1.165) is 38.4 Å². The summed E-state index contributed by atoms with van der Waals surface area (Å²) in [6.45, 7) is 5.84. The van der Waals surface area contributed by atoms with Crippen LogP contribution in [0.3, 0.4) is 0 Å². The molecule has 1 aliphatic rings. The Labute approximate surface area is 257 Å². The van der Waals surface area contributed by atoms with Crippen molar-refractivity contribution in [1.82, 2.24) is 10.6 Å². The summed E-state index contributed by atoms with van der Waals surface area (Å²) in [5, 5.41) is 6.26. The van der Waals surface area contributed by atoms with Crippen molar-refractivity contribution in [3.63, 3.8) is 0 Å². The summed E-state index contributed by atoms with van der Waals surface area (Å²) in [7, 11) is -2.23. The van der Waals surface area contributed by atoms with Gasteiger partial charge in [-0.3, -0.25) is 13.9 Å². The Morgan fingerprint density at radius 2 is 1.73 bits per heavy atom. The largest absolute Gasteiger partial charge is 0.455 e. The van der Waals surface area contributed by atoms with Crippen LogP contribution in [0.25, 0.3) is 33.4 Å². The molecule has 1 fully saturated rings. The number of sulfonamides is 1. The molecular weight excluding hydrogens is 581 g/mol. The van der Waals surface area contributed by atoms with Crippen LogP contribution in [0.1, 0.15) is 59.7 Å². The zero-order valence-corrected chi connectivity index (χ0v) is 25.9. The Morgan fingerprint density at radius 3 is 2.34 bits per heavy atom. The molecule has 0 aliphatic heterocycles. The number of nitrogens with one attached hydrogen (secondary N) is 2. The molecule has 0 spiro atoms. The SMILES string of the molecule is C=CC1(NC(=O)c2cccc(-c3cc4c(C(=O)NC)c(-c5ccc(F)cc5)oc4cc3N(CC)S(C)(=O)=O)c2)CCCCC1. The summed E-state index contributed by atoms with van der Waals surface area (Å²) in [5.41, 5.74) is 2.34. The highest BCUT2D eigenvalue weighted by atomic mass is 32.2. The van der Waals surface area contributed by atoms with E-state index in [-0.39, 0.29) is 29.4 Å². The van der Waals surface area contributed by atoms with Gasteiger partial charge >= 0.3 is 0 Å². The van der Waals surface area contributed by atoms with Gasteiger partial charge in [0.2, 0.25) is 10.0 Å². The third-order valence-electron chi connectivity index (χ3n) is 8.26. The lowest BCUT2D eigenvalue weighted by molar-refractivity contribution is 0.0898. The highest BCUT2D eigenvalue weighted by Gasteiger charge is 2.31. The molecule has 0 unspecified atom stereocenters. The fraction of sp³-hybridized carbons (Fsp3) is 0.294. The van der Waals surface area contributed by atoms with E-state index >= 15 is 0 Å². The van der Waals surface area contributed by atoms with Crippen LogP contribution in [0.2, 0.25) is 0 Å². The van der Waals surface area contributed by atoms with Crippen molar-refractivity contribution in [3.8, 4) is 22.5 Å². The Kier molecular flexibility index (Phi) is 8.65. The van der Waals surface area contributed by atoms with Crippen LogP contribution in [0.15, 0.2) is 77.7 Å². The zero-order chi connectivity index (χ0) is 31.6. The van der Waals surface area contributed by atoms with Crippen molar-refractivity contribution in [3.05, 3.63) is 90.3 Å². The van der Waals surface area contributed by atoms with Gasteiger partial charge in [0.15, 0.2) is 0 Å². The number of amides is 2. The summed E-state index contributed by atoms with van der Waals surface area (Å²) >= 11 is 0. The lowest BCUT2D eigenvalue weighted by Gasteiger charge is -2.35. The standard InChI is InChI=1S/C34H36FN3O5S/c1-5-34(17-8-7-9-18-34)37-32(39)24-12-10-11-23(19-24)26-20-27-29(21-28(26)38(6-2)44(4,41)42)43-31(30(27)33(40)36-3)22-13-15-25(35)16-14-22/h5,10-16,19-21H,1,6-9,17-18H2,2-4H3,(H,36,40)(H,37,39). The molecule has 1 aliphatic carbocycles. The second-order valence-electron chi connectivity index (χ2n) is 11.1. The molecule has 1 aromatic heterocycles. The Balaban J connectivity index is 1.71. The number of benzene rings is 3. The lowest BCUT2D eigenvalue weighted by Crippen LogP contribution is -2.48. The number of nitrogens with zero attached hydrogens (tertiary/aromatic N) is 1. The van der Waals surface area contributed by atoms with Gasteiger partial charge in [0.05, 0.1) is 23.0 Å². The van der Waals surface area contributed by atoms with Crippen molar-refractivity contribution in [2.24, 2.45) is 0 Å². The van der Waals surface area contributed by atoms with Crippen molar-refractivity contribution in [1.29, 1.82) is 0 Å². The van der Waals surface area contributed by atoms with Gasteiger partial charge in [-0.2, -0.15) is 0 Å². The van der Waals surface area contributed by atoms with Crippen LogP contribution in [-0.2, 0) is 10.0 Å². The second kappa shape index (κ2) is 12.3. The third kappa shape index (κ3) is 5.99. The first-order chi connectivity index (χ1) is 21.0. The van der Waals surface area contributed by atoms with Crippen molar-refractivity contribution >= 4 is 38.5 Å². The molecule has 0 bridgehead atoms. The van der Waals surface area contributed by atoms with Gasteiger partial charge in [-0.05, 0) is 67.8 Å². The number of furan rings is 1. The van der Waals surface area contributed by atoms with E-state index in [2.05, 4.69) is 17.2 Å². The van der Waals surface area contributed by atoms with Gasteiger partial charge in [-0.1, -0.05) is 37.5 Å². The maximum Gasteiger partial charge on any atom is 0.255 e. The van der Waals surface area contributed by atoms with E-state index in [0.29, 0.717) is 33.3 Å². The minimum Gasteiger partial charge on any atom is -0.455 e.